The monoisotopic (exact) mass is 251 g/mol. The summed E-state index contributed by atoms with van der Waals surface area (Å²) in [5.41, 5.74) is 2.50. The van der Waals surface area contributed by atoms with Crippen molar-refractivity contribution in [3.8, 4) is 5.75 Å². The lowest BCUT2D eigenvalue weighted by molar-refractivity contribution is -0.138. The third kappa shape index (κ3) is 3.76. The molecule has 18 heavy (non-hydrogen) atoms. The van der Waals surface area contributed by atoms with Crippen LogP contribution in [0.1, 0.15) is 24.0 Å². The van der Waals surface area contributed by atoms with Crippen LogP contribution in [0.2, 0.25) is 0 Å². The van der Waals surface area contributed by atoms with Crippen LogP contribution in [0.15, 0.2) is 12.1 Å². The minimum absolute atomic E-state index is 0.0501. The van der Waals surface area contributed by atoms with Gasteiger partial charge in [0.15, 0.2) is 0 Å². The van der Waals surface area contributed by atoms with E-state index >= 15 is 0 Å². The maximum absolute atomic E-state index is 11.6. The number of carboxylic acid groups (broad SMARTS) is 1. The van der Waals surface area contributed by atoms with Crippen LogP contribution in [0.5, 0.6) is 5.75 Å². The predicted octanol–water partition coefficient (Wildman–Crippen LogP) is 2.12. The van der Waals surface area contributed by atoms with Gasteiger partial charge in [-0.25, -0.2) is 0 Å². The van der Waals surface area contributed by atoms with Crippen molar-refractivity contribution < 1.29 is 19.4 Å². The van der Waals surface area contributed by atoms with Crippen molar-refractivity contribution in [1.82, 2.24) is 0 Å². The molecule has 0 aliphatic heterocycles. The van der Waals surface area contributed by atoms with Gasteiger partial charge in [0, 0.05) is 6.42 Å². The first kappa shape index (κ1) is 14.0. The highest BCUT2D eigenvalue weighted by Crippen LogP contribution is 2.29. The number of aryl methyl sites for hydroxylation is 2. The Hall–Kier alpha value is -2.04. The fraction of sp³-hybridized carbons (Fsp3) is 0.385. The Morgan fingerprint density at radius 1 is 1.28 bits per heavy atom. The van der Waals surface area contributed by atoms with Gasteiger partial charge in [-0.15, -0.1) is 0 Å². The molecule has 0 unspecified atom stereocenters. The third-order valence-corrected chi connectivity index (χ3v) is 2.46. The van der Waals surface area contributed by atoms with Gasteiger partial charge in [-0.05, 0) is 31.0 Å². The van der Waals surface area contributed by atoms with E-state index in [1.807, 2.05) is 19.9 Å². The summed E-state index contributed by atoms with van der Waals surface area (Å²) in [6, 6.07) is 3.75. The van der Waals surface area contributed by atoms with E-state index in [4.69, 9.17) is 9.84 Å². The molecule has 0 saturated heterocycles. The zero-order chi connectivity index (χ0) is 13.7. The van der Waals surface area contributed by atoms with E-state index in [0.29, 0.717) is 11.4 Å². The number of carbonyl (C=O) groups is 2. The zero-order valence-electron chi connectivity index (χ0n) is 10.7. The minimum Gasteiger partial charge on any atom is -0.494 e. The third-order valence-electron chi connectivity index (χ3n) is 2.46. The first-order valence-corrected chi connectivity index (χ1v) is 5.61. The second-order valence-electron chi connectivity index (χ2n) is 4.10. The van der Waals surface area contributed by atoms with Crippen molar-refractivity contribution in [2.75, 3.05) is 12.4 Å². The van der Waals surface area contributed by atoms with Gasteiger partial charge in [0.2, 0.25) is 5.91 Å². The van der Waals surface area contributed by atoms with Crippen molar-refractivity contribution in [2.45, 2.75) is 26.7 Å². The number of carboxylic acids is 1. The molecule has 0 aromatic heterocycles. The fourth-order valence-electron chi connectivity index (χ4n) is 1.75. The van der Waals surface area contributed by atoms with Crippen LogP contribution in [0.4, 0.5) is 5.69 Å². The number of rotatable bonds is 5. The molecule has 5 nitrogen and oxygen atoms in total. The molecule has 0 saturated carbocycles. The summed E-state index contributed by atoms with van der Waals surface area (Å²) in [6.07, 6.45) is -0.232. The summed E-state index contributed by atoms with van der Waals surface area (Å²) in [5.74, 6) is -0.720. The van der Waals surface area contributed by atoms with Crippen molar-refractivity contribution >= 4 is 17.6 Å². The number of aliphatic carboxylic acids is 1. The van der Waals surface area contributed by atoms with Crippen LogP contribution in [0.25, 0.3) is 0 Å². The van der Waals surface area contributed by atoms with Gasteiger partial charge in [0.05, 0.1) is 19.2 Å². The molecule has 0 spiro atoms. The van der Waals surface area contributed by atoms with Gasteiger partial charge >= 0.3 is 5.97 Å². The van der Waals surface area contributed by atoms with Crippen molar-refractivity contribution in [3.63, 3.8) is 0 Å². The summed E-state index contributed by atoms with van der Waals surface area (Å²) in [6.45, 7) is 3.80. The molecule has 1 aromatic rings. The molecule has 0 bridgehead atoms. The Morgan fingerprint density at radius 2 is 1.94 bits per heavy atom. The van der Waals surface area contributed by atoms with Gasteiger partial charge in [0.1, 0.15) is 5.75 Å². The van der Waals surface area contributed by atoms with Gasteiger partial charge in [-0.1, -0.05) is 6.07 Å². The van der Waals surface area contributed by atoms with E-state index in [1.165, 1.54) is 7.11 Å². The van der Waals surface area contributed by atoms with Gasteiger partial charge in [0.25, 0.3) is 0 Å². The van der Waals surface area contributed by atoms with Crippen LogP contribution in [-0.4, -0.2) is 24.1 Å². The van der Waals surface area contributed by atoms with Crippen LogP contribution in [-0.2, 0) is 9.59 Å². The van der Waals surface area contributed by atoms with Crippen molar-refractivity contribution in [2.24, 2.45) is 0 Å². The minimum atomic E-state index is -0.988. The molecule has 0 atom stereocenters. The largest absolute Gasteiger partial charge is 0.494 e. The Bertz CT molecular complexity index is 468. The number of anilines is 1. The number of methoxy groups -OCH3 is 1. The van der Waals surface area contributed by atoms with Crippen LogP contribution in [0.3, 0.4) is 0 Å². The lowest BCUT2D eigenvalue weighted by Gasteiger charge is -2.13. The van der Waals surface area contributed by atoms with Gasteiger partial charge in [-0.3, -0.25) is 9.59 Å². The summed E-state index contributed by atoms with van der Waals surface area (Å²) < 4.78 is 5.23. The maximum atomic E-state index is 11.6. The molecule has 0 aliphatic rings. The molecule has 1 amide bonds. The quantitative estimate of drug-likeness (QED) is 0.840. The average molecular weight is 251 g/mol. The highest BCUT2D eigenvalue weighted by atomic mass is 16.5. The highest BCUT2D eigenvalue weighted by Gasteiger charge is 2.11. The number of hydrogen-bond acceptors (Lipinski definition) is 3. The number of amides is 1. The summed E-state index contributed by atoms with van der Waals surface area (Å²) in [7, 11) is 1.53. The first-order chi connectivity index (χ1) is 8.43. The number of nitrogens with one attached hydrogen (secondary N) is 1. The lowest BCUT2D eigenvalue weighted by atomic mass is 10.1. The fourth-order valence-corrected chi connectivity index (χ4v) is 1.75. The topological polar surface area (TPSA) is 75.6 Å². The van der Waals surface area contributed by atoms with Crippen LogP contribution in [0, 0.1) is 13.8 Å². The summed E-state index contributed by atoms with van der Waals surface area (Å²) in [4.78, 5) is 22.0. The summed E-state index contributed by atoms with van der Waals surface area (Å²) >= 11 is 0. The molecule has 0 aliphatic carbocycles. The van der Waals surface area contributed by atoms with E-state index in [-0.39, 0.29) is 18.7 Å². The maximum Gasteiger partial charge on any atom is 0.303 e. The van der Waals surface area contributed by atoms with Crippen molar-refractivity contribution in [3.05, 3.63) is 23.3 Å². The second-order valence-corrected chi connectivity index (χ2v) is 4.10. The standard InChI is InChI=1S/C13H17NO4/c1-8-6-9(2)13(18-3)10(7-8)14-11(15)4-5-12(16)17/h6-7H,4-5H2,1-3H3,(H,14,15)(H,16,17). The van der Waals surface area contributed by atoms with Gasteiger partial charge in [-0.2, -0.15) is 0 Å². The Balaban J connectivity index is 2.83. The van der Waals surface area contributed by atoms with Crippen molar-refractivity contribution in [1.29, 1.82) is 0 Å². The van der Waals surface area contributed by atoms with E-state index in [2.05, 4.69) is 5.32 Å². The molecule has 1 rings (SSSR count). The predicted molar refractivity (Wildman–Crippen MR) is 68.0 cm³/mol. The second kappa shape index (κ2) is 6.05. The normalized spacial score (nSPS) is 9.94. The molecule has 1 aromatic carbocycles. The van der Waals surface area contributed by atoms with Crippen LogP contribution >= 0.6 is 0 Å². The van der Waals surface area contributed by atoms with E-state index < -0.39 is 5.97 Å². The van der Waals surface area contributed by atoms with Gasteiger partial charge < -0.3 is 15.2 Å². The molecule has 0 fully saturated rings. The molecular formula is C13H17NO4. The summed E-state index contributed by atoms with van der Waals surface area (Å²) in [5, 5.41) is 11.2. The van der Waals surface area contributed by atoms with E-state index in [9.17, 15) is 9.59 Å². The Kier molecular flexibility index (Phi) is 4.71. The molecule has 0 radical (unpaired) electrons. The molecular weight excluding hydrogens is 234 g/mol. The smallest absolute Gasteiger partial charge is 0.303 e. The number of benzene rings is 1. The highest BCUT2D eigenvalue weighted by molar-refractivity contribution is 5.94. The molecule has 98 valence electrons. The molecule has 2 N–H and O–H groups in total. The zero-order valence-corrected chi connectivity index (χ0v) is 10.7. The first-order valence-electron chi connectivity index (χ1n) is 5.61. The molecule has 0 heterocycles. The van der Waals surface area contributed by atoms with E-state index in [0.717, 1.165) is 11.1 Å². The molecule has 5 heteroatoms. The number of hydrogen-bond donors (Lipinski definition) is 2. The SMILES string of the molecule is COc1c(C)cc(C)cc1NC(=O)CCC(=O)O. The average Bonchev–Trinajstić information content (AvgIpc) is 2.26. The Labute approximate surface area is 106 Å². The number of ether oxygens (including phenoxy) is 1. The van der Waals surface area contributed by atoms with E-state index in [1.54, 1.807) is 6.07 Å². The van der Waals surface area contributed by atoms with Crippen LogP contribution < -0.4 is 10.1 Å². The Morgan fingerprint density at radius 3 is 2.50 bits per heavy atom. The number of carbonyl (C=O) groups excluding carboxylic acids is 1. The lowest BCUT2D eigenvalue weighted by Crippen LogP contribution is -2.14.